The second kappa shape index (κ2) is 8.22. The van der Waals surface area contributed by atoms with E-state index in [-0.39, 0.29) is 47.1 Å². The van der Waals surface area contributed by atoms with Crippen LogP contribution in [-0.2, 0) is 10.4 Å². The van der Waals surface area contributed by atoms with Gasteiger partial charge in [0.15, 0.2) is 0 Å². The first-order valence-corrected chi connectivity index (χ1v) is 2.00. The van der Waals surface area contributed by atoms with Gasteiger partial charge >= 0.3 is 34.7 Å². The molecule has 0 aromatic carbocycles. The van der Waals surface area contributed by atoms with E-state index in [1.54, 1.807) is 0 Å². The molecule has 8 heteroatoms. The average Bonchev–Trinajstić information content (AvgIpc) is 0.722. The summed E-state index contributed by atoms with van der Waals surface area (Å²) in [4.78, 5) is 0. The summed E-state index contributed by atoms with van der Waals surface area (Å²) in [6.07, 6.45) is 0. The Balaban J connectivity index is -0.0000000267. The Kier molecular flexibility index (Phi) is 23.5. The van der Waals surface area contributed by atoms with Crippen LogP contribution in [0, 0.1) is 0 Å². The van der Waals surface area contributed by atoms with E-state index in [4.69, 9.17) is 17.5 Å². The van der Waals surface area contributed by atoms with Crippen molar-refractivity contribution in [3.63, 3.8) is 0 Å². The van der Waals surface area contributed by atoms with Crippen LogP contribution >= 0.6 is 0 Å². The van der Waals surface area contributed by atoms with Gasteiger partial charge in [0, 0.05) is 10.4 Å². The van der Waals surface area contributed by atoms with E-state index < -0.39 is 10.4 Å². The molecule has 0 heterocycles. The summed E-state index contributed by atoms with van der Waals surface area (Å²) in [5, 5.41) is 0. The zero-order chi connectivity index (χ0) is 4.50. The van der Waals surface area contributed by atoms with Crippen LogP contribution in [0.4, 0.5) is 0 Å². The van der Waals surface area contributed by atoms with Crippen LogP contribution < -0.4 is 12.4 Å². The molecule has 0 fully saturated rings. The summed E-state index contributed by atoms with van der Waals surface area (Å²) >= 11 is 0. The van der Waals surface area contributed by atoms with Crippen LogP contribution in [0.15, 0.2) is 0 Å². The number of halogens is 1. The second-order valence-corrected chi connectivity index (χ2v) is 1.22. The molecule has 0 aliphatic rings. The van der Waals surface area contributed by atoms with E-state index in [0.29, 0.717) is 0 Å². The van der Waals surface area contributed by atoms with Crippen LogP contribution in [0.1, 0.15) is 0 Å². The number of hydrogen-bond donors (Lipinski definition) is 0. The molecule has 0 spiro atoms. The summed E-state index contributed by atoms with van der Waals surface area (Å²) in [7, 11) is -5.17. The average molecular weight is 185 g/mol. The van der Waals surface area contributed by atoms with Gasteiger partial charge in [-0.2, -0.15) is 0 Å². The molecule has 0 saturated carbocycles. The summed E-state index contributed by atoms with van der Waals surface area (Å²) in [5.74, 6) is 0. The SMILES string of the molecule is O=S(=O)([O-])[O-].[Al+3].[Al+3].[Cl-]. The van der Waals surface area contributed by atoms with E-state index in [1.165, 1.54) is 0 Å². The van der Waals surface area contributed by atoms with Crippen molar-refractivity contribution in [3.05, 3.63) is 0 Å². The maximum atomic E-state index is 8.52. The summed E-state index contributed by atoms with van der Waals surface area (Å²) in [5.41, 5.74) is 0. The van der Waals surface area contributed by atoms with Gasteiger partial charge in [-0.15, -0.1) is 0 Å². The normalized spacial score (nSPS) is 7.25. The maximum Gasteiger partial charge on any atom is 3.00 e. The molecule has 0 aliphatic carbocycles. The van der Waals surface area contributed by atoms with Crippen molar-refractivity contribution in [3.8, 4) is 0 Å². The third-order valence-corrected chi connectivity index (χ3v) is 0. The van der Waals surface area contributed by atoms with Gasteiger partial charge < -0.3 is 21.5 Å². The standard InChI is InChI=1S/2Al.ClH.H2O4S/c;;;1-5(2,3)4/h;;1H;(H2,1,2,3,4)/q2*+3;;/p-3. The Labute approximate surface area is 74.9 Å². The van der Waals surface area contributed by atoms with Crippen LogP contribution in [0.3, 0.4) is 0 Å². The summed E-state index contributed by atoms with van der Waals surface area (Å²) in [6.45, 7) is 0. The molecule has 0 N–H and O–H groups in total. The van der Waals surface area contributed by atoms with Gasteiger partial charge in [-0.05, 0) is 0 Å². The Bertz CT molecular complexity index is 97.2. The Morgan fingerprint density at radius 1 is 1.00 bits per heavy atom. The van der Waals surface area contributed by atoms with Gasteiger partial charge in [0.1, 0.15) is 0 Å². The minimum Gasteiger partial charge on any atom is -1.00 e. The van der Waals surface area contributed by atoms with Crippen molar-refractivity contribution in [1.82, 2.24) is 0 Å². The predicted octanol–water partition coefficient (Wildman–Crippen LogP) is -5.10. The topological polar surface area (TPSA) is 80.3 Å². The van der Waals surface area contributed by atoms with Crippen molar-refractivity contribution < 1.29 is 29.9 Å². The third kappa shape index (κ3) is 187. The fourth-order valence-electron chi connectivity index (χ4n) is 0. The second-order valence-electron chi connectivity index (χ2n) is 0.408. The predicted molar refractivity (Wildman–Crippen MR) is 22.0 cm³/mol. The molecule has 0 radical (unpaired) electrons. The summed E-state index contributed by atoms with van der Waals surface area (Å²) in [6, 6.07) is 0. The first-order valence-electron chi connectivity index (χ1n) is 0.667. The zero-order valence-electron chi connectivity index (χ0n) is 3.57. The molecule has 0 atom stereocenters. The van der Waals surface area contributed by atoms with Gasteiger partial charge in [0.25, 0.3) is 0 Å². The number of rotatable bonds is 0. The van der Waals surface area contributed by atoms with Crippen molar-refractivity contribution >= 4 is 45.1 Å². The monoisotopic (exact) mass is 185 g/mol. The number of hydrogen-bond acceptors (Lipinski definition) is 4. The molecule has 0 aliphatic heterocycles. The van der Waals surface area contributed by atoms with Crippen molar-refractivity contribution in [2.24, 2.45) is 0 Å². The molecular formula is Al2ClO4S+3. The van der Waals surface area contributed by atoms with Crippen LogP contribution in [0.25, 0.3) is 0 Å². The first-order chi connectivity index (χ1) is 2.00. The van der Waals surface area contributed by atoms with Crippen molar-refractivity contribution in [1.29, 1.82) is 0 Å². The molecule has 0 unspecified atom stereocenters. The Morgan fingerprint density at radius 2 is 1.00 bits per heavy atom. The van der Waals surface area contributed by atoms with E-state index in [1.807, 2.05) is 0 Å². The molecule has 4 nitrogen and oxygen atoms in total. The molecular weight excluding hydrogens is 185 g/mol. The Hall–Kier alpha value is 1.22. The minimum atomic E-state index is -5.17. The van der Waals surface area contributed by atoms with Crippen molar-refractivity contribution in [2.75, 3.05) is 0 Å². The molecule has 0 aromatic heterocycles. The maximum absolute atomic E-state index is 8.52. The van der Waals surface area contributed by atoms with Gasteiger partial charge in [0.05, 0.1) is 0 Å². The van der Waals surface area contributed by atoms with Crippen LogP contribution in [-0.4, -0.2) is 52.2 Å². The quantitative estimate of drug-likeness (QED) is 0.215. The van der Waals surface area contributed by atoms with E-state index in [0.717, 1.165) is 0 Å². The van der Waals surface area contributed by atoms with Crippen LogP contribution in [0.5, 0.6) is 0 Å². The third-order valence-electron chi connectivity index (χ3n) is 0. The van der Waals surface area contributed by atoms with Gasteiger partial charge in [-0.25, -0.2) is 0 Å². The molecule has 0 aromatic rings. The van der Waals surface area contributed by atoms with Crippen molar-refractivity contribution in [2.45, 2.75) is 0 Å². The minimum absolute atomic E-state index is 0. The van der Waals surface area contributed by atoms with Gasteiger partial charge in [-0.3, -0.25) is 8.42 Å². The van der Waals surface area contributed by atoms with Gasteiger partial charge in [0.2, 0.25) is 0 Å². The Morgan fingerprint density at radius 3 is 1.00 bits per heavy atom. The zero-order valence-corrected chi connectivity index (χ0v) is 7.46. The van der Waals surface area contributed by atoms with E-state index in [9.17, 15) is 0 Å². The molecule has 40 valence electrons. The van der Waals surface area contributed by atoms with Crippen LogP contribution in [0.2, 0.25) is 0 Å². The smallest absolute Gasteiger partial charge is 1.00 e. The van der Waals surface area contributed by atoms with E-state index in [2.05, 4.69) is 0 Å². The van der Waals surface area contributed by atoms with E-state index >= 15 is 0 Å². The molecule has 0 saturated heterocycles. The molecule has 0 bridgehead atoms. The fraction of sp³-hybridized carbons (Fsp3) is 0. The molecule has 0 rings (SSSR count). The molecule has 0 amide bonds. The summed E-state index contributed by atoms with van der Waals surface area (Å²) < 4.78 is 34.1. The van der Waals surface area contributed by atoms with Gasteiger partial charge in [-0.1, -0.05) is 0 Å². The molecule has 8 heavy (non-hydrogen) atoms. The largest absolute Gasteiger partial charge is 3.00 e. The fourth-order valence-corrected chi connectivity index (χ4v) is 0. The first kappa shape index (κ1) is 22.9.